The molecule has 118 valence electrons. The molecule has 0 aliphatic rings. The van der Waals surface area contributed by atoms with Crippen LogP contribution in [0, 0.1) is 0 Å². The average molecular weight is 307 g/mol. The third kappa shape index (κ3) is 4.28. The third-order valence-corrected chi connectivity index (χ3v) is 3.76. The second-order valence-electron chi connectivity index (χ2n) is 5.56. The fraction of sp³-hybridized carbons (Fsp3) is 0.211. The number of hydrogen-bond donors (Lipinski definition) is 2. The number of aromatic amines is 1. The van der Waals surface area contributed by atoms with Crippen LogP contribution in [-0.2, 0) is 13.1 Å². The highest BCUT2D eigenvalue weighted by Gasteiger charge is 2.10. The number of nitrogens with one attached hydrogen (secondary N) is 1. The lowest BCUT2D eigenvalue weighted by atomic mass is 10.1. The van der Waals surface area contributed by atoms with E-state index in [1.807, 2.05) is 36.4 Å². The number of H-pyrrole nitrogens is 1. The van der Waals surface area contributed by atoms with E-state index >= 15 is 0 Å². The summed E-state index contributed by atoms with van der Waals surface area (Å²) in [6.07, 6.45) is 0. The van der Waals surface area contributed by atoms with Gasteiger partial charge in [-0.2, -0.15) is 5.10 Å². The number of hydrogen-bond acceptors (Lipinski definition) is 3. The van der Waals surface area contributed by atoms with Crippen LogP contribution in [0.25, 0.3) is 11.3 Å². The molecular formula is C19H21N3O. The first-order valence-corrected chi connectivity index (χ1v) is 7.82. The van der Waals surface area contributed by atoms with Gasteiger partial charge in [-0.3, -0.25) is 10.00 Å². The molecule has 23 heavy (non-hydrogen) atoms. The van der Waals surface area contributed by atoms with Gasteiger partial charge < -0.3 is 5.11 Å². The van der Waals surface area contributed by atoms with E-state index in [9.17, 15) is 5.11 Å². The van der Waals surface area contributed by atoms with Gasteiger partial charge in [-0.05, 0) is 11.6 Å². The van der Waals surface area contributed by atoms with Crippen molar-refractivity contribution in [1.82, 2.24) is 15.1 Å². The van der Waals surface area contributed by atoms with Gasteiger partial charge in [0.1, 0.15) is 0 Å². The van der Waals surface area contributed by atoms with Crippen molar-refractivity contribution in [1.29, 1.82) is 0 Å². The molecule has 1 heterocycles. The maximum absolute atomic E-state index is 9.31. The molecule has 3 rings (SSSR count). The highest BCUT2D eigenvalue weighted by Crippen LogP contribution is 2.18. The highest BCUT2D eigenvalue weighted by molar-refractivity contribution is 5.58. The fourth-order valence-corrected chi connectivity index (χ4v) is 2.64. The Labute approximate surface area is 136 Å². The molecule has 1 aromatic heterocycles. The number of aromatic nitrogens is 2. The fourth-order valence-electron chi connectivity index (χ4n) is 2.64. The Morgan fingerprint density at radius 2 is 1.61 bits per heavy atom. The highest BCUT2D eigenvalue weighted by atomic mass is 16.3. The van der Waals surface area contributed by atoms with Gasteiger partial charge in [0, 0.05) is 30.9 Å². The third-order valence-electron chi connectivity index (χ3n) is 3.76. The molecule has 0 fully saturated rings. The SMILES string of the molecule is OCCN(Cc1ccccc1)Cc1cc(-c2ccccc2)n[nH]1. The van der Waals surface area contributed by atoms with Gasteiger partial charge in [0.05, 0.1) is 12.3 Å². The number of nitrogens with zero attached hydrogens (tertiary/aromatic N) is 2. The van der Waals surface area contributed by atoms with Crippen LogP contribution in [-0.4, -0.2) is 33.4 Å². The largest absolute Gasteiger partial charge is 0.395 e. The van der Waals surface area contributed by atoms with Crippen molar-refractivity contribution in [3.8, 4) is 11.3 Å². The molecule has 0 unspecified atom stereocenters. The Kier molecular flexibility index (Phi) is 5.19. The van der Waals surface area contributed by atoms with E-state index in [4.69, 9.17) is 0 Å². The summed E-state index contributed by atoms with van der Waals surface area (Å²) in [5.74, 6) is 0. The van der Waals surface area contributed by atoms with Crippen LogP contribution in [0.4, 0.5) is 0 Å². The Hall–Kier alpha value is -2.43. The van der Waals surface area contributed by atoms with E-state index in [0.29, 0.717) is 6.54 Å². The topological polar surface area (TPSA) is 52.1 Å². The molecule has 2 aromatic carbocycles. The minimum absolute atomic E-state index is 0.145. The Morgan fingerprint density at radius 3 is 2.30 bits per heavy atom. The smallest absolute Gasteiger partial charge is 0.0924 e. The lowest BCUT2D eigenvalue weighted by Crippen LogP contribution is -2.26. The number of rotatable bonds is 7. The first-order chi connectivity index (χ1) is 11.3. The average Bonchev–Trinajstić information content (AvgIpc) is 3.05. The number of aliphatic hydroxyl groups is 1. The summed E-state index contributed by atoms with van der Waals surface area (Å²) in [7, 11) is 0. The summed E-state index contributed by atoms with van der Waals surface area (Å²) >= 11 is 0. The summed E-state index contributed by atoms with van der Waals surface area (Å²) in [5.41, 5.74) is 4.34. The van der Waals surface area contributed by atoms with Crippen molar-refractivity contribution in [2.24, 2.45) is 0 Å². The zero-order valence-electron chi connectivity index (χ0n) is 13.0. The molecule has 0 bridgehead atoms. The van der Waals surface area contributed by atoms with Crippen LogP contribution in [0.15, 0.2) is 66.7 Å². The van der Waals surface area contributed by atoms with E-state index in [1.165, 1.54) is 5.56 Å². The standard InChI is InChI=1S/C19H21N3O/c23-12-11-22(14-16-7-3-1-4-8-16)15-18-13-19(21-20-18)17-9-5-2-6-10-17/h1-10,13,23H,11-12,14-15H2,(H,20,21). The summed E-state index contributed by atoms with van der Waals surface area (Å²) in [5, 5.41) is 16.8. The Bertz CT molecular complexity index is 710. The van der Waals surface area contributed by atoms with Crippen LogP contribution in [0.5, 0.6) is 0 Å². The van der Waals surface area contributed by atoms with Crippen LogP contribution in [0.1, 0.15) is 11.3 Å². The van der Waals surface area contributed by atoms with Crippen LogP contribution in [0.3, 0.4) is 0 Å². The molecule has 3 aromatic rings. The molecule has 0 aliphatic heterocycles. The monoisotopic (exact) mass is 307 g/mol. The maximum Gasteiger partial charge on any atom is 0.0924 e. The first kappa shape index (κ1) is 15.5. The lowest BCUT2D eigenvalue weighted by molar-refractivity contribution is 0.183. The van der Waals surface area contributed by atoms with Gasteiger partial charge in [0.25, 0.3) is 0 Å². The molecule has 0 atom stereocenters. The zero-order chi connectivity index (χ0) is 15.9. The molecule has 0 radical (unpaired) electrons. The zero-order valence-corrected chi connectivity index (χ0v) is 13.0. The predicted octanol–water partition coefficient (Wildman–Crippen LogP) is 3.07. The van der Waals surface area contributed by atoms with E-state index in [1.54, 1.807) is 0 Å². The van der Waals surface area contributed by atoms with Gasteiger partial charge in [0.15, 0.2) is 0 Å². The van der Waals surface area contributed by atoms with Crippen LogP contribution < -0.4 is 0 Å². The molecule has 4 nitrogen and oxygen atoms in total. The van der Waals surface area contributed by atoms with Gasteiger partial charge in [0.2, 0.25) is 0 Å². The second kappa shape index (κ2) is 7.72. The Morgan fingerprint density at radius 1 is 0.913 bits per heavy atom. The summed E-state index contributed by atoms with van der Waals surface area (Å²) < 4.78 is 0. The van der Waals surface area contributed by atoms with E-state index in [-0.39, 0.29) is 6.61 Å². The van der Waals surface area contributed by atoms with Crippen molar-refractivity contribution in [2.75, 3.05) is 13.2 Å². The molecule has 2 N–H and O–H groups in total. The molecule has 0 aliphatic carbocycles. The first-order valence-electron chi connectivity index (χ1n) is 7.82. The van der Waals surface area contributed by atoms with Crippen LogP contribution in [0.2, 0.25) is 0 Å². The molecule has 0 saturated carbocycles. The number of benzene rings is 2. The van der Waals surface area contributed by atoms with Gasteiger partial charge in [-0.15, -0.1) is 0 Å². The van der Waals surface area contributed by atoms with Crippen molar-refractivity contribution < 1.29 is 5.11 Å². The van der Waals surface area contributed by atoms with Crippen molar-refractivity contribution in [2.45, 2.75) is 13.1 Å². The predicted molar refractivity (Wildman–Crippen MR) is 91.7 cm³/mol. The van der Waals surface area contributed by atoms with Crippen molar-refractivity contribution in [3.05, 3.63) is 78.0 Å². The Balaban J connectivity index is 1.69. The van der Waals surface area contributed by atoms with Gasteiger partial charge >= 0.3 is 0 Å². The van der Waals surface area contributed by atoms with Crippen molar-refractivity contribution in [3.63, 3.8) is 0 Å². The van der Waals surface area contributed by atoms with Crippen LogP contribution >= 0.6 is 0 Å². The van der Waals surface area contributed by atoms with Gasteiger partial charge in [-0.25, -0.2) is 0 Å². The molecule has 4 heteroatoms. The lowest BCUT2D eigenvalue weighted by Gasteiger charge is -2.20. The minimum Gasteiger partial charge on any atom is -0.395 e. The quantitative estimate of drug-likeness (QED) is 0.705. The van der Waals surface area contributed by atoms with E-state index in [0.717, 1.165) is 30.0 Å². The maximum atomic E-state index is 9.31. The second-order valence-corrected chi connectivity index (χ2v) is 5.56. The molecule has 0 amide bonds. The molecule has 0 saturated heterocycles. The summed E-state index contributed by atoms with van der Waals surface area (Å²) in [6, 6.07) is 22.5. The minimum atomic E-state index is 0.145. The summed E-state index contributed by atoms with van der Waals surface area (Å²) in [4.78, 5) is 2.21. The van der Waals surface area contributed by atoms with Gasteiger partial charge in [-0.1, -0.05) is 60.7 Å². The molecular weight excluding hydrogens is 286 g/mol. The normalized spacial score (nSPS) is 11.0. The summed E-state index contributed by atoms with van der Waals surface area (Å²) in [6.45, 7) is 2.32. The van der Waals surface area contributed by atoms with E-state index < -0.39 is 0 Å². The number of aliphatic hydroxyl groups excluding tert-OH is 1. The van der Waals surface area contributed by atoms with E-state index in [2.05, 4.69) is 45.4 Å². The van der Waals surface area contributed by atoms with Crippen molar-refractivity contribution >= 4 is 0 Å². The molecule has 0 spiro atoms.